The molecule has 2 rings (SSSR count). The maximum atomic E-state index is 6.05. The molecule has 0 aliphatic heterocycles. The molecule has 0 aliphatic carbocycles. The minimum Gasteiger partial charge on any atom is -0.496 e. The van der Waals surface area contributed by atoms with Gasteiger partial charge in [0.05, 0.1) is 20.7 Å². The molecule has 2 aromatic rings. The molecule has 6 heteroatoms. The quantitative estimate of drug-likeness (QED) is 0.518. The van der Waals surface area contributed by atoms with Gasteiger partial charge < -0.3 is 4.74 Å². The fraction of sp³-hybridized carbons (Fsp3) is 0.167. The number of hydrogen-bond donors (Lipinski definition) is 0. The van der Waals surface area contributed by atoms with Gasteiger partial charge in [-0.05, 0) is 40.2 Å². The zero-order chi connectivity index (χ0) is 13.3. The third-order valence-electron chi connectivity index (χ3n) is 2.38. The molecule has 96 valence electrons. The van der Waals surface area contributed by atoms with Crippen molar-refractivity contribution in [3.8, 4) is 5.75 Å². The van der Waals surface area contributed by atoms with Crippen molar-refractivity contribution in [2.24, 2.45) is 0 Å². The molecule has 0 spiro atoms. The van der Waals surface area contributed by atoms with Gasteiger partial charge in [-0.2, -0.15) is 0 Å². The highest BCUT2D eigenvalue weighted by Crippen LogP contribution is 2.44. The molecule has 1 atom stereocenters. The number of benzene rings is 1. The van der Waals surface area contributed by atoms with E-state index in [-0.39, 0.29) is 4.83 Å². The van der Waals surface area contributed by atoms with Crippen LogP contribution in [0.2, 0.25) is 10.0 Å². The van der Waals surface area contributed by atoms with Crippen LogP contribution in [0.25, 0.3) is 0 Å². The van der Waals surface area contributed by atoms with E-state index < -0.39 is 0 Å². The van der Waals surface area contributed by atoms with Crippen molar-refractivity contribution in [2.45, 2.75) is 4.83 Å². The van der Waals surface area contributed by atoms with Crippen LogP contribution in [0.1, 0.15) is 15.3 Å². The summed E-state index contributed by atoms with van der Waals surface area (Å²) in [5.41, 5.74) is 0.982. The van der Waals surface area contributed by atoms with E-state index in [0.29, 0.717) is 10.0 Å². The van der Waals surface area contributed by atoms with Gasteiger partial charge in [0.15, 0.2) is 0 Å². The van der Waals surface area contributed by atoms with Gasteiger partial charge in [-0.15, -0.1) is 11.3 Å². The predicted octanol–water partition coefficient (Wildman–Crippen LogP) is 6.31. The van der Waals surface area contributed by atoms with E-state index in [0.717, 1.165) is 20.0 Å². The number of halogens is 4. The molecule has 1 unspecified atom stereocenters. The van der Waals surface area contributed by atoms with Gasteiger partial charge in [-0.3, -0.25) is 0 Å². The number of hydrogen-bond acceptors (Lipinski definition) is 2. The molecule has 0 saturated carbocycles. The first-order chi connectivity index (χ1) is 8.52. The van der Waals surface area contributed by atoms with Crippen molar-refractivity contribution in [3.05, 3.63) is 48.5 Å². The van der Waals surface area contributed by atoms with Gasteiger partial charge in [-0.25, -0.2) is 0 Å². The van der Waals surface area contributed by atoms with Gasteiger partial charge in [0, 0.05) is 15.5 Å². The molecule has 0 radical (unpaired) electrons. The highest BCUT2D eigenvalue weighted by atomic mass is 79.9. The van der Waals surface area contributed by atoms with Gasteiger partial charge in [0.25, 0.3) is 0 Å². The van der Waals surface area contributed by atoms with Crippen molar-refractivity contribution in [1.29, 1.82) is 0 Å². The first-order valence-corrected chi connectivity index (χ1v) is 8.23. The highest BCUT2D eigenvalue weighted by molar-refractivity contribution is 9.11. The second-order valence-electron chi connectivity index (χ2n) is 3.52. The minimum absolute atomic E-state index is 0.0000463. The summed E-state index contributed by atoms with van der Waals surface area (Å²) in [6.45, 7) is 0. The Balaban J connectivity index is 2.44. The lowest BCUT2D eigenvalue weighted by Gasteiger charge is -2.13. The van der Waals surface area contributed by atoms with Crippen molar-refractivity contribution < 1.29 is 4.74 Å². The standard InChI is InChI=1S/C12H8Br2Cl2OS/c1-17-9-3-2-6(15)4-7(9)11(13)10-5-8(16)12(14)18-10/h2-5,11H,1H3. The summed E-state index contributed by atoms with van der Waals surface area (Å²) in [6.07, 6.45) is 0. The number of thiophene rings is 1. The van der Waals surface area contributed by atoms with Crippen molar-refractivity contribution in [2.75, 3.05) is 7.11 Å². The van der Waals surface area contributed by atoms with Crippen LogP contribution < -0.4 is 4.74 Å². The van der Waals surface area contributed by atoms with Crippen LogP contribution in [0.4, 0.5) is 0 Å². The lowest BCUT2D eigenvalue weighted by Crippen LogP contribution is -1.95. The van der Waals surface area contributed by atoms with E-state index in [1.54, 1.807) is 24.5 Å². The van der Waals surface area contributed by atoms with E-state index in [1.807, 2.05) is 18.2 Å². The molecule has 1 nitrogen and oxygen atoms in total. The SMILES string of the molecule is COc1ccc(Cl)cc1C(Br)c1cc(Cl)c(Br)s1. The summed E-state index contributed by atoms with van der Waals surface area (Å²) in [7, 11) is 1.64. The van der Waals surface area contributed by atoms with E-state index in [4.69, 9.17) is 27.9 Å². The van der Waals surface area contributed by atoms with Gasteiger partial charge in [-0.1, -0.05) is 39.1 Å². The van der Waals surface area contributed by atoms with Crippen molar-refractivity contribution in [3.63, 3.8) is 0 Å². The maximum Gasteiger partial charge on any atom is 0.123 e. The number of ether oxygens (including phenoxy) is 1. The fourth-order valence-corrected chi connectivity index (χ4v) is 4.24. The molecule has 0 fully saturated rings. The number of alkyl halides is 1. The largest absolute Gasteiger partial charge is 0.496 e. The van der Waals surface area contributed by atoms with E-state index >= 15 is 0 Å². The maximum absolute atomic E-state index is 6.05. The zero-order valence-electron chi connectivity index (χ0n) is 9.22. The smallest absolute Gasteiger partial charge is 0.123 e. The molecule has 0 bridgehead atoms. The lowest BCUT2D eigenvalue weighted by atomic mass is 10.1. The molecule has 0 aliphatic rings. The molecular formula is C12H8Br2Cl2OS. The van der Waals surface area contributed by atoms with Crippen LogP contribution in [0.15, 0.2) is 28.1 Å². The molecule has 0 saturated heterocycles. The Labute approximate surface area is 136 Å². The molecular weight excluding hydrogens is 423 g/mol. The topological polar surface area (TPSA) is 9.23 Å². The first kappa shape index (κ1) is 14.7. The van der Waals surface area contributed by atoms with Gasteiger partial charge in [0.1, 0.15) is 5.75 Å². The monoisotopic (exact) mass is 428 g/mol. The minimum atomic E-state index is -0.0000463. The number of rotatable bonds is 3. The predicted molar refractivity (Wildman–Crippen MR) is 85.8 cm³/mol. The van der Waals surface area contributed by atoms with Crippen LogP contribution in [0.3, 0.4) is 0 Å². The van der Waals surface area contributed by atoms with Crippen LogP contribution >= 0.6 is 66.4 Å². The highest BCUT2D eigenvalue weighted by Gasteiger charge is 2.19. The second kappa shape index (κ2) is 6.14. The molecule has 18 heavy (non-hydrogen) atoms. The van der Waals surface area contributed by atoms with Crippen LogP contribution in [0, 0.1) is 0 Å². The molecule has 1 aromatic heterocycles. The van der Waals surface area contributed by atoms with Crippen LogP contribution in [-0.4, -0.2) is 7.11 Å². The Bertz CT molecular complexity index is 552. The Morgan fingerprint density at radius 1 is 1.28 bits per heavy atom. The summed E-state index contributed by atoms with van der Waals surface area (Å²) < 4.78 is 6.27. The average molecular weight is 431 g/mol. The Morgan fingerprint density at radius 3 is 2.56 bits per heavy atom. The van der Waals surface area contributed by atoms with Crippen LogP contribution in [0.5, 0.6) is 5.75 Å². The summed E-state index contributed by atoms with van der Waals surface area (Å²) in [5.74, 6) is 0.793. The Morgan fingerprint density at radius 2 is 2.00 bits per heavy atom. The summed E-state index contributed by atoms with van der Waals surface area (Å²) >= 11 is 20.7. The summed E-state index contributed by atoms with van der Waals surface area (Å²) in [5, 5.41) is 1.39. The third kappa shape index (κ3) is 3.05. The molecule has 0 N–H and O–H groups in total. The van der Waals surface area contributed by atoms with Crippen molar-refractivity contribution in [1.82, 2.24) is 0 Å². The molecule has 0 amide bonds. The third-order valence-corrected chi connectivity index (χ3v) is 6.44. The zero-order valence-corrected chi connectivity index (χ0v) is 14.7. The van der Waals surface area contributed by atoms with Gasteiger partial charge in [0.2, 0.25) is 0 Å². The van der Waals surface area contributed by atoms with Crippen molar-refractivity contribution >= 4 is 66.4 Å². The average Bonchev–Trinajstić information content (AvgIpc) is 2.68. The normalized spacial score (nSPS) is 12.5. The first-order valence-electron chi connectivity index (χ1n) is 4.95. The summed E-state index contributed by atoms with van der Waals surface area (Å²) in [6, 6.07) is 7.48. The van der Waals surface area contributed by atoms with Gasteiger partial charge >= 0.3 is 0 Å². The molecule has 1 heterocycles. The fourth-order valence-electron chi connectivity index (χ4n) is 1.54. The second-order valence-corrected chi connectivity index (χ2v) is 7.68. The van der Waals surface area contributed by atoms with E-state index in [1.165, 1.54) is 0 Å². The molecule has 1 aromatic carbocycles. The Hall–Kier alpha value is 0.260. The van der Waals surface area contributed by atoms with E-state index in [2.05, 4.69) is 31.9 Å². The lowest BCUT2D eigenvalue weighted by molar-refractivity contribution is 0.410. The van der Waals surface area contributed by atoms with E-state index in [9.17, 15) is 0 Å². The number of methoxy groups -OCH3 is 1. The Kier molecular flexibility index (Phi) is 5.00. The van der Waals surface area contributed by atoms with Crippen LogP contribution in [-0.2, 0) is 0 Å². The summed E-state index contributed by atoms with van der Waals surface area (Å²) in [4.78, 5) is 1.09.